The summed E-state index contributed by atoms with van der Waals surface area (Å²) in [5.74, 6) is 0.151. The molecule has 5 nitrogen and oxygen atoms in total. The number of pyridine rings is 1. The molecular weight excluding hydrogens is 242 g/mol. The minimum Gasteiger partial charge on any atom is -0.327 e. The van der Waals surface area contributed by atoms with Crippen LogP contribution in [0.1, 0.15) is 31.7 Å². The molecule has 100 valence electrons. The first-order chi connectivity index (χ1) is 9.06. The largest absolute Gasteiger partial charge is 0.327 e. The number of nitrogens with two attached hydrogens (primary N) is 1. The van der Waals surface area contributed by atoms with Gasteiger partial charge in [-0.25, -0.2) is 0 Å². The van der Waals surface area contributed by atoms with Crippen molar-refractivity contribution < 1.29 is 4.92 Å². The molecule has 2 N–H and O–H groups in total. The van der Waals surface area contributed by atoms with Crippen LogP contribution in [-0.4, -0.2) is 15.9 Å². The molecular formula is C14H17N3O2. The summed E-state index contributed by atoms with van der Waals surface area (Å²) in [6.45, 7) is 4.01. The molecule has 0 aliphatic rings. The Balaban J connectivity index is 2.71. The van der Waals surface area contributed by atoms with Crippen LogP contribution in [0.4, 0.5) is 5.69 Å². The summed E-state index contributed by atoms with van der Waals surface area (Å²) in [6, 6.07) is 6.76. The molecule has 2 aromatic rings. The van der Waals surface area contributed by atoms with Crippen LogP contribution in [-0.2, 0) is 0 Å². The Bertz CT molecular complexity index is 611. The average Bonchev–Trinajstić information content (AvgIpc) is 2.39. The lowest BCUT2D eigenvalue weighted by atomic mass is 9.88. The van der Waals surface area contributed by atoms with E-state index in [9.17, 15) is 10.1 Å². The summed E-state index contributed by atoms with van der Waals surface area (Å²) in [7, 11) is 0. The molecule has 0 radical (unpaired) electrons. The fourth-order valence-electron chi connectivity index (χ4n) is 2.51. The first-order valence-electron chi connectivity index (χ1n) is 6.33. The summed E-state index contributed by atoms with van der Waals surface area (Å²) < 4.78 is 0. The maximum atomic E-state index is 11.1. The summed E-state index contributed by atoms with van der Waals surface area (Å²) in [6.07, 6.45) is 2.53. The molecule has 0 saturated heterocycles. The number of hydrogen-bond acceptors (Lipinski definition) is 4. The molecule has 19 heavy (non-hydrogen) atoms. The maximum Gasteiger partial charge on any atom is 0.278 e. The van der Waals surface area contributed by atoms with E-state index in [1.54, 1.807) is 30.5 Å². The van der Waals surface area contributed by atoms with Crippen molar-refractivity contribution in [3.63, 3.8) is 0 Å². The maximum absolute atomic E-state index is 11.1. The van der Waals surface area contributed by atoms with Crippen molar-refractivity contribution in [1.29, 1.82) is 0 Å². The van der Waals surface area contributed by atoms with Gasteiger partial charge in [0.05, 0.1) is 15.8 Å². The molecule has 0 fully saturated rings. The molecule has 1 aromatic heterocycles. The first kappa shape index (κ1) is 13.4. The zero-order chi connectivity index (χ0) is 14.0. The van der Waals surface area contributed by atoms with E-state index in [4.69, 9.17) is 5.73 Å². The Hall–Kier alpha value is -2.01. The minimum atomic E-state index is -0.374. The van der Waals surface area contributed by atoms with Crippen molar-refractivity contribution in [2.75, 3.05) is 0 Å². The van der Waals surface area contributed by atoms with E-state index in [-0.39, 0.29) is 22.6 Å². The Morgan fingerprint density at radius 2 is 2.16 bits per heavy atom. The van der Waals surface area contributed by atoms with Gasteiger partial charge in [0.1, 0.15) is 0 Å². The minimum absolute atomic E-state index is 0.0170. The van der Waals surface area contributed by atoms with Crippen molar-refractivity contribution >= 4 is 16.6 Å². The molecule has 0 aliphatic heterocycles. The van der Waals surface area contributed by atoms with Gasteiger partial charge in [-0.05, 0) is 37.1 Å². The summed E-state index contributed by atoms with van der Waals surface area (Å²) in [4.78, 5) is 15.0. The van der Waals surface area contributed by atoms with E-state index in [1.807, 2.05) is 6.92 Å². The van der Waals surface area contributed by atoms with Gasteiger partial charge in [0, 0.05) is 24.2 Å². The van der Waals surface area contributed by atoms with Crippen molar-refractivity contribution in [2.45, 2.75) is 32.2 Å². The number of nitrogens with zero attached hydrogens (tertiary/aromatic N) is 2. The molecule has 1 heterocycles. The number of aromatic nitrogens is 1. The van der Waals surface area contributed by atoms with Crippen molar-refractivity contribution in [1.82, 2.24) is 4.98 Å². The van der Waals surface area contributed by atoms with E-state index in [2.05, 4.69) is 11.9 Å². The monoisotopic (exact) mass is 259 g/mol. The van der Waals surface area contributed by atoms with E-state index < -0.39 is 0 Å². The second-order valence-electron chi connectivity index (χ2n) is 4.70. The third-order valence-corrected chi connectivity index (χ3v) is 3.45. The van der Waals surface area contributed by atoms with Crippen molar-refractivity contribution in [2.24, 2.45) is 5.73 Å². The number of benzene rings is 1. The van der Waals surface area contributed by atoms with Crippen LogP contribution in [0.2, 0.25) is 0 Å². The third kappa shape index (κ3) is 2.42. The predicted molar refractivity (Wildman–Crippen MR) is 75.1 cm³/mol. The Labute approximate surface area is 111 Å². The number of fused-ring (bicyclic) bond motifs is 1. The molecule has 2 rings (SSSR count). The van der Waals surface area contributed by atoms with Gasteiger partial charge in [-0.3, -0.25) is 15.1 Å². The van der Waals surface area contributed by atoms with Crippen molar-refractivity contribution in [3.8, 4) is 0 Å². The number of nitro groups is 1. The second-order valence-corrected chi connectivity index (χ2v) is 4.70. The Kier molecular flexibility index (Phi) is 3.76. The highest BCUT2D eigenvalue weighted by Gasteiger charge is 2.21. The smallest absolute Gasteiger partial charge is 0.278 e. The summed E-state index contributed by atoms with van der Waals surface area (Å²) in [5.41, 5.74) is 7.76. The lowest BCUT2D eigenvalue weighted by molar-refractivity contribution is -0.383. The van der Waals surface area contributed by atoms with E-state index in [1.165, 1.54) is 0 Å². The first-order valence-corrected chi connectivity index (χ1v) is 6.33. The second kappa shape index (κ2) is 5.32. The normalized spacial score (nSPS) is 14.3. The molecule has 0 amide bonds. The van der Waals surface area contributed by atoms with Crippen LogP contribution in [0.25, 0.3) is 10.9 Å². The lowest BCUT2D eigenvalue weighted by Gasteiger charge is -2.20. The van der Waals surface area contributed by atoms with E-state index in [0.29, 0.717) is 10.9 Å². The fraction of sp³-hybridized carbons (Fsp3) is 0.357. The molecule has 0 saturated carbocycles. The molecule has 2 atom stereocenters. The summed E-state index contributed by atoms with van der Waals surface area (Å²) >= 11 is 0. The van der Waals surface area contributed by atoms with E-state index in [0.717, 1.165) is 12.0 Å². The van der Waals surface area contributed by atoms with Gasteiger partial charge in [-0.15, -0.1) is 0 Å². The van der Waals surface area contributed by atoms with Crippen LogP contribution in [0.5, 0.6) is 0 Å². The SMILES string of the molecule is CCC(c1ccc([N+](=O)[O-])c2cccnc12)C(C)N. The lowest BCUT2D eigenvalue weighted by Crippen LogP contribution is -2.24. The Morgan fingerprint density at radius 3 is 2.74 bits per heavy atom. The standard InChI is InChI=1S/C14H17N3O2/c1-3-10(9(2)15)11-6-7-13(17(18)19)12-5-4-8-16-14(11)12/h4-10H,3,15H2,1-2H3. The molecule has 0 bridgehead atoms. The quantitative estimate of drug-likeness (QED) is 0.676. The molecule has 0 aliphatic carbocycles. The topological polar surface area (TPSA) is 82.0 Å². The van der Waals surface area contributed by atoms with Gasteiger partial charge >= 0.3 is 0 Å². The number of rotatable bonds is 4. The van der Waals surface area contributed by atoms with Gasteiger partial charge in [-0.2, -0.15) is 0 Å². The molecule has 0 spiro atoms. The molecule has 2 unspecified atom stereocenters. The van der Waals surface area contributed by atoms with Crippen LogP contribution in [0, 0.1) is 10.1 Å². The molecule has 5 heteroatoms. The fourth-order valence-corrected chi connectivity index (χ4v) is 2.51. The highest BCUT2D eigenvalue weighted by Crippen LogP contribution is 2.33. The van der Waals surface area contributed by atoms with Gasteiger partial charge in [0.2, 0.25) is 0 Å². The third-order valence-electron chi connectivity index (χ3n) is 3.45. The number of non-ortho nitro benzene ring substituents is 1. The summed E-state index contributed by atoms with van der Waals surface area (Å²) in [5, 5.41) is 11.6. The predicted octanol–water partition coefficient (Wildman–Crippen LogP) is 2.98. The number of hydrogen-bond donors (Lipinski definition) is 1. The number of nitro benzene ring substituents is 1. The molecule has 1 aromatic carbocycles. The van der Waals surface area contributed by atoms with Crippen LogP contribution < -0.4 is 5.73 Å². The van der Waals surface area contributed by atoms with Gasteiger partial charge in [0.15, 0.2) is 0 Å². The highest BCUT2D eigenvalue weighted by molar-refractivity contribution is 5.90. The van der Waals surface area contributed by atoms with Crippen LogP contribution in [0.15, 0.2) is 30.5 Å². The van der Waals surface area contributed by atoms with Crippen molar-refractivity contribution in [3.05, 3.63) is 46.1 Å². The highest BCUT2D eigenvalue weighted by atomic mass is 16.6. The van der Waals surface area contributed by atoms with Gasteiger partial charge in [0.25, 0.3) is 5.69 Å². The Morgan fingerprint density at radius 1 is 1.42 bits per heavy atom. The zero-order valence-electron chi connectivity index (χ0n) is 11.0. The van der Waals surface area contributed by atoms with E-state index >= 15 is 0 Å². The van der Waals surface area contributed by atoms with Crippen LogP contribution in [0.3, 0.4) is 0 Å². The van der Waals surface area contributed by atoms with Gasteiger partial charge < -0.3 is 5.73 Å². The van der Waals surface area contributed by atoms with Gasteiger partial charge in [-0.1, -0.05) is 6.92 Å². The zero-order valence-corrected chi connectivity index (χ0v) is 11.0. The average molecular weight is 259 g/mol. The van der Waals surface area contributed by atoms with Crippen LogP contribution >= 0.6 is 0 Å².